The van der Waals surface area contributed by atoms with E-state index in [1.165, 1.54) is 12.0 Å². The van der Waals surface area contributed by atoms with Gasteiger partial charge in [0.1, 0.15) is 6.61 Å². The molecule has 1 atom stereocenters. The molecular formula is C17H26N2O2. The first-order valence-electron chi connectivity index (χ1n) is 7.83. The lowest BCUT2D eigenvalue weighted by atomic mass is 9.98. The maximum atomic E-state index is 12.1. The molecule has 1 unspecified atom stereocenters. The van der Waals surface area contributed by atoms with Crippen LogP contribution in [0.4, 0.5) is 0 Å². The number of carbonyl (C=O) groups excluding carboxylic acids is 1. The number of hydrogen-bond donors (Lipinski definition) is 1. The first-order valence-corrected chi connectivity index (χ1v) is 7.83. The van der Waals surface area contributed by atoms with E-state index in [1.54, 1.807) is 0 Å². The molecule has 1 amide bonds. The number of nitrogens with zero attached hydrogens (tertiary/aromatic N) is 1. The standard InChI is InChI=1S/C17H26N2O2/c1-18-12-16-8-5-10-19(13-16)17(20)14-21-11-9-15-6-3-2-4-7-15/h2-4,6-7,16,18H,5,8-14H2,1H3. The highest BCUT2D eigenvalue weighted by atomic mass is 16.5. The van der Waals surface area contributed by atoms with E-state index < -0.39 is 0 Å². The topological polar surface area (TPSA) is 41.6 Å². The van der Waals surface area contributed by atoms with Gasteiger partial charge in [-0.3, -0.25) is 4.79 Å². The second kappa shape index (κ2) is 8.80. The molecule has 1 aliphatic heterocycles. The van der Waals surface area contributed by atoms with Gasteiger partial charge in [0.05, 0.1) is 6.61 Å². The highest BCUT2D eigenvalue weighted by Gasteiger charge is 2.22. The normalized spacial score (nSPS) is 18.7. The Morgan fingerprint density at radius 2 is 2.19 bits per heavy atom. The summed E-state index contributed by atoms with van der Waals surface area (Å²) in [4.78, 5) is 14.1. The lowest BCUT2D eigenvalue weighted by Crippen LogP contribution is -2.44. The zero-order valence-corrected chi connectivity index (χ0v) is 12.9. The third kappa shape index (κ3) is 5.48. The van der Waals surface area contributed by atoms with Gasteiger partial charge in [-0.05, 0) is 44.3 Å². The third-order valence-electron chi connectivity index (χ3n) is 3.97. The fourth-order valence-corrected chi connectivity index (χ4v) is 2.83. The predicted octanol–water partition coefficient (Wildman–Crippen LogP) is 1.70. The maximum Gasteiger partial charge on any atom is 0.248 e. The number of piperidine rings is 1. The van der Waals surface area contributed by atoms with E-state index >= 15 is 0 Å². The number of carbonyl (C=O) groups is 1. The van der Waals surface area contributed by atoms with E-state index in [4.69, 9.17) is 4.74 Å². The van der Waals surface area contributed by atoms with Crippen molar-refractivity contribution in [3.63, 3.8) is 0 Å². The average molecular weight is 290 g/mol. The summed E-state index contributed by atoms with van der Waals surface area (Å²) >= 11 is 0. The molecule has 21 heavy (non-hydrogen) atoms. The Labute approximate surface area is 127 Å². The van der Waals surface area contributed by atoms with Gasteiger partial charge < -0.3 is 15.0 Å². The van der Waals surface area contributed by atoms with E-state index in [0.29, 0.717) is 12.5 Å². The van der Waals surface area contributed by atoms with Crippen LogP contribution < -0.4 is 5.32 Å². The van der Waals surface area contributed by atoms with E-state index in [2.05, 4.69) is 17.4 Å². The van der Waals surface area contributed by atoms with Gasteiger partial charge in [0.2, 0.25) is 5.91 Å². The summed E-state index contributed by atoms with van der Waals surface area (Å²) in [5.74, 6) is 0.709. The summed E-state index contributed by atoms with van der Waals surface area (Å²) in [6, 6.07) is 10.2. The van der Waals surface area contributed by atoms with Gasteiger partial charge in [0.15, 0.2) is 0 Å². The molecule has 0 aliphatic carbocycles. The Bertz CT molecular complexity index is 420. The van der Waals surface area contributed by atoms with Crippen molar-refractivity contribution in [3.8, 4) is 0 Å². The van der Waals surface area contributed by atoms with Gasteiger partial charge in [-0.2, -0.15) is 0 Å². The zero-order chi connectivity index (χ0) is 14.9. The van der Waals surface area contributed by atoms with Gasteiger partial charge >= 0.3 is 0 Å². The number of nitrogens with one attached hydrogen (secondary N) is 1. The van der Waals surface area contributed by atoms with Gasteiger partial charge in [0, 0.05) is 13.1 Å². The number of amides is 1. The van der Waals surface area contributed by atoms with Crippen molar-refractivity contribution < 1.29 is 9.53 Å². The van der Waals surface area contributed by atoms with Crippen LogP contribution in [-0.2, 0) is 16.0 Å². The van der Waals surface area contributed by atoms with Crippen LogP contribution in [0.3, 0.4) is 0 Å². The molecule has 1 saturated heterocycles. The predicted molar refractivity (Wildman–Crippen MR) is 84.2 cm³/mol. The number of ether oxygens (including phenoxy) is 1. The molecular weight excluding hydrogens is 264 g/mol. The Morgan fingerprint density at radius 3 is 2.95 bits per heavy atom. The lowest BCUT2D eigenvalue weighted by molar-refractivity contribution is -0.137. The third-order valence-corrected chi connectivity index (χ3v) is 3.97. The molecule has 1 aliphatic rings. The smallest absolute Gasteiger partial charge is 0.248 e. The monoisotopic (exact) mass is 290 g/mol. The highest BCUT2D eigenvalue weighted by molar-refractivity contribution is 5.77. The van der Waals surface area contributed by atoms with E-state index in [0.717, 1.165) is 32.5 Å². The van der Waals surface area contributed by atoms with Crippen LogP contribution in [0.2, 0.25) is 0 Å². The minimum atomic E-state index is 0.129. The molecule has 0 bridgehead atoms. The second-order valence-electron chi connectivity index (χ2n) is 5.69. The van der Waals surface area contributed by atoms with Crippen LogP contribution in [-0.4, -0.2) is 50.7 Å². The van der Waals surface area contributed by atoms with Crippen molar-refractivity contribution in [2.24, 2.45) is 5.92 Å². The summed E-state index contributed by atoms with van der Waals surface area (Å²) in [5.41, 5.74) is 1.25. The van der Waals surface area contributed by atoms with E-state index in [9.17, 15) is 4.79 Å². The van der Waals surface area contributed by atoms with Crippen molar-refractivity contribution >= 4 is 5.91 Å². The number of rotatable bonds is 7. The molecule has 116 valence electrons. The first-order chi connectivity index (χ1) is 10.3. The van der Waals surface area contributed by atoms with E-state index in [1.807, 2.05) is 30.1 Å². The zero-order valence-electron chi connectivity index (χ0n) is 12.9. The molecule has 0 saturated carbocycles. The number of hydrogen-bond acceptors (Lipinski definition) is 3. The van der Waals surface area contributed by atoms with Crippen molar-refractivity contribution in [2.75, 3.05) is 39.9 Å². The van der Waals surface area contributed by atoms with Crippen LogP contribution >= 0.6 is 0 Å². The Balaban J connectivity index is 1.65. The molecule has 4 nitrogen and oxygen atoms in total. The van der Waals surface area contributed by atoms with Gasteiger partial charge in [-0.15, -0.1) is 0 Å². The molecule has 1 heterocycles. The highest BCUT2D eigenvalue weighted by Crippen LogP contribution is 2.15. The summed E-state index contributed by atoms with van der Waals surface area (Å²) in [7, 11) is 1.97. The fraction of sp³-hybridized carbons (Fsp3) is 0.588. The second-order valence-corrected chi connectivity index (χ2v) is 5.69. The summed E-state index contributed by atoms with van der Waals surface area (Å²) < 4.78 is 5.54. The summed E-state index contributed by atoms with van der Waals surface area (Å²) in [6.45, 7) is 3.53. The number of likely N-dealkylation sites (tertiary alicyclic amines) is 1. The SMILES string of the molecule is CNCC1CCCN(C(=O)COCCc2ccccc2)C1. The van der Waals surface area contributed by atoms with Crippen molar-refractivity contribution in [1.82, 2.24) is 10.2 Å². The van der Waals surface area contributed by atoms with Crippen molar-refractivity contribution in [1.29, 1.82) is 0 Å². The van der Waals surface area contributed by atoms with Crippen molar-refractivity contribution in [2.45, 2.75) is 19.3 Å². The molecule has 0 radical (unpaired) electrons. The van der Waals surface area contributed by atoms with E-state index in [-0.39, 0.29) is 12.5 Å². The molecule has 1 aromatic rings. The molecule has 0 spiro atoms. The molecule has 1 N–H and O–H groups in total. The molecule has 1 fully saturated rings. The fourth-order valence-electron chi connectivity index (χ4n) is 2.83. The Kier molecular flexibility index (Phi) is 6.70. The van der Waals surface area contributed by atoms with Crippen LogP contribution in [0, 0.1) is 5.92 Å². The molecule has 1 aromatic carbocycles. The first kappa shape index (κ1) is 16.0. The maximum absolute atomic E-state index is 12.1. The minimum absolute atomic E-state index is 0.129. The van der Waals surface area contributed by atoms with Crippen LogP contribution in [0.5, 0.6) is 0 Å². The minimum Gasteiger partial charge on any atom is -0.371 e. The molecule has 0 aromatic heterocycles. The molecule has 4 heteroatoms. The average Bonchev–Trinajstić information content (AvgIpc) is 2.53. The summed E-state index contributed by atoms with van der Waals surface area (Å²) in [6.07, 6.45) is 3.16. The van der Waals surface area contributed by atoms with Gasteiger partial charge in [-0.25, -0.2) is 0 Å². The van der Waals surface area contributed by atoms with Gasteiger partial charge in [0.25, 0.3) is 0 Å². The quantitative estimate of drug-likeness (QED) is 0.777. The van der Waals surface area contributed by atoms with Crippen LogP contribution in [0.15, 0.2) is 30.3 Å². The van der Waals surface area contributed by atoms with Crippen molar-refractivity contribution in [3.05, 3.63) is 35.9 Å². The Hall–Kier alpha value is -1.39. The molecule has 2 rings (SSSR count). The lowest BCUT2D eigenvalue weighted by Gasteiger charge is -2.32. The van der Waals surface area contributed by atoms with Crippen LogP contribution in [0.1, 0.15) is 18.4 Å². The Morgan fingerprint density at radius 1 is 1.38 bits per heavy atom. The largest absolute Gasteiger partial charge is 0.371 e. The summed E-state index contributed by atoms with van der Waals surface area (Å²) in [5, 5.41) is 3.20. The van der Waals surface area contributed by atoms with Gasteiger partial charge in [-0.1, -0.05) is 30.3 Å². The number of benzene rings is 1. The van der Waals surface area contributed by atoms with Crippen LogP contribution in [0.25, 0.3) is 0 Å².